The molecule has 3 heteroatoms. The highest BCUT2D eigenvalue weighted by Gasteiger charge is 2.19. The number of unbranched alkanes of at least 4 members (excludes halogenated alkanes) is 5. The summed E-state index contributed by atoms with van der Waals surface area (Å²) < 4.78 is 4.55. The van der Waals surface area contributed by atoms with Gasteiger partial charge in [-0.3, -0.25) is 4.79 Å². The summed E-state index contributed by atoms with van der Waals surface area (Å²) in [4.78, 5) is 9.60. The van der Waals surface area contributed by atoms with Crippen molar-refractivity contribution in [1.82, 2.24) is 0 Å². The summed E-state index contributed by atoms with van der Waals surface area (Å²) in [6.45, 7) is 8.20. The zero-order valence-electron chi connectivity index (χ0n) is 13.2. The van der Waals surface area contributed by atoms with E-state index >= 15 is 0 Å². The van der Waals surface area contributed by atoms with Gasteiger partial charge >= 0.3 is 0 Å². The number of carbonyl (C=O) groups excluding carboxylic acids is 1. The molecule has 1 aliphatic rings. The monoisotopic (exact) mass is 292 g/mol. The summed E-state index contributed by atoms with van der Waals surface area (Å²) in [5, 5.41) is 0. The van der Waals surface area contributed by atoms with Crippen LogP contribution in [0.15, 0.2) is 0 Å². The molecule has 0 aromatic heterocycles. The molecule has 0 spiro atoms. The van der Waals surface area contributed by atoms with Gasteiger partial charge in [-0.15, -0.1) is 12.4 Å². The van der Waals surface area contributed by atoms with E-state index in [2.05, 4.69) is 11.7 Å². The third kappa shape index (κ3) is 20.2. The van der Waals surface area contributed by atoms with Crippen molar-refractivity contribution in [2.75, 3.05) is 0 Å². The molecule has 0 unspecified atom stereocenters. The van der Waals surface area contributed by atoms with E-state index in [1.807, 2.05) is 20.8 Å². The third-order valence-corrected chi connectivity index (χ3v) is 3.06. The molecule has 0 aromatic rings. The molecular weight excluding hydrogens is 260 g/mol. The van der Waals surface area contributed by atoms with Crippen molar-refractivity contribution in [2.24, 2.45) is 5.92 Å². The molecule has 0 aromatic carbocycles. The predicted molar refractivity (Wildman–Crippen MR) is 84.9 cm³/mol. The van der Waals surface area contributed by atoms with E-state index in [0.717, 1.165) is 5.92 Å². The molecular formula is C16H33ClO2. The lowest BCUT2D eigenvalue weighted by atomic mass is 10.1. The minimum absolute atomic E-state index is 0. The molecule has 116 valence electrons. The minimum Gasteiger partial charge on any atom is -0.462 e. The Hall–Kier alpha value is -0.240. The SMILES string of the molecule is CC(C)(C)OC=O.CCCCCCCCC1CC1.Cl. The molecule has 0 N–H and O–H groups in total. The summed E-state index contributed by atoms with van der Waals surface area (Å²) in [6.07, 6.45) is 13.4. The maximum absolute atomic E-state index is 9.60. The second-order valence-electron chi connectivity index (χ2n) is 6.33. The maximum Gasteiger partial charge on any atom is 0.293 e. The first-order chi connectivity index (χ1) is 8.49. The Kier molecular flexibility index (Phi) is 14.2. The van der Waals surface area contributed by atoms with Crippen LogP contribution in [0.4, 0.5) is 0 Å². The van der Waals surface area contributed by atoms with E-state index in [9.17, 15) is 4.79 Å². The van der Waals surface area contributed by atoms with E-state index < -0.39 is 0 Å². The standard InChI is InChI=1S/C11H22.C5H10O2.ClH/c1-2-3-4-5-6-7-8-11-9-10-11;1-5(2,3)7-4-6;/h11H,2-10H2,1H3;4H,1-3H3;1H. The zero-order chi connectivity index (χ0) is 13.9. The summed E-state index contributed by atoms with van der Waals surface area (Å²) in [5.74, 6) is 1.15. The van der Waals surface area contributed by atoms with Crippen LogP contribution in [-0.2, 0) is 9.53 Å². The van der Waals surface area contributed by atoms with Gasteiger partial charge in [0.25, 0.3) is 6.47 Å². The number of carbonyl (C=O) groups is 1. The quantitative estimate of drug-likeness (QED) is 0.434. The van der Waals surface area contributed by atoms with Gasteiger partial charge in [0.2, 0.25) is 0 Å². The normalized spacial score (nSPS) is 13.9. The van der Waals surface area contributed by atoms with Crippen molar-refractivity contribution < 1.29 is 9.53 Å². The summed E-state index contributed by atoms with van der Waals surface area (Å²) in [6, 6.07) is 0. The fourth-order valence-corrected chi connectivity index (χ4v) is 1.76. The highest BCUT2D eigenvalue weighted by Crippen LogP contribution is 2.34. The van der Waals surface area contributed by atoms with Crippen LogP contribution in [0.5, 0.6) is 0 Å². The van der Waals surface area contributed by atoms with Gasteiger partial charge in [-0.2, -0.15) is 0 Å². The molecule has 19 heavy (non-hydrogen) atoms. The maximum atomic E-state index is 9.60. The molecule has 1 rings (SSSR count). The van der Waals surface area contributed by atoms with Gasteiger partial charge in [-0.25, -0.2) is 0 Å². The number of halogens is 1. The summed E-state index contributed by atoms with van der Waals surface area (Å²) in [7, 11) is 0. The minimum atomic E-state index is -0.318. The molecule has 0 radical (unpaired) electrons. The van der Waals surface area contributed by atoms with Crippen molar-refractivity contribution in [3.8, 4) is 0 Å². The van der Waals surface area contributed by atoms with Gasteiger partial charge in [-0.1, -0.05) is 64.7 Å². The van der Waals surface area contributed by atoms with Gasteiger partial charge in [0.15, 0.2) is 0 Å². The van der Waals surface area contributed by atoms with E-state index in [1.54, 1.807) is 0 Å². The molecule has 2 nitrogen and oxygen atoms in total. The van der Waals surface area contributed by atoms with E-state index in [1.165, 1.54) is 57.8 Å². The first-order valence-electron chi connectivity index (χ1n) is 7.61. The molecule has 0 atom stereocenters. The Morgan fingerprint density at radius 2 is 1.58 bits per heavy atom. The Balaban J connectivity index is 0. The van der Waals surface area contributed by atoms with Crippen molar-refractivity contribution in [1.29, 1.82) is 0 Å². The smallest absolute Gasteiger partial charge is 0.293 e. The largest absolute Gasteiger partial charge is 0.462 e. The third-order valence-electron chi connectivity index (χ3n) is 3.06. The number of rotatable bonds is 8. The van der Waals surface area contributed by atoms with Gasteiger partial charge in [0.05, 0.1) is 0 Å². The predicted octanol–water partition coefficient (Wildman–Crippen LogP) is 5.53. The van der Waals surface area contributed by atoms with Crippen molar-refractivity contribution in [2.45, 2.75) is 91.1 Å². The second-order valence-corrected chi connectivity index (χ2v) is 6.33. The van der Waals surface area contributed by atoms with Crippen LogP contribution < -0.4 is 0 Å². The Bertz CT molecular complexity index is 195. The van der Waals surface area contributed by atoms with Crippen LogP contribution in [0.2, 0.25) is 0 Å². The lowest BCUT2D eigenvalue weighted by Crippen LogP contribution is -2.17. The first-order valence-corrected chi connectivity index (χ1v) is 7.61. The molecule has 1 fully saturated rings. The highest BCUT2D eigenvalue weighted by molar-refractivity contribution is 5.85. The van der Waals surface area contributed by atoms with Crippen molar-refractivity contribution in [3.63, 3.8) is 0 Å². The lowest BCUT2D eigenvalue weighted by molar-refractivity contribution is -0.138. The summed E-state index contributed by atoms with van der Waals surface area (Å²) in [5.41, 5.74) is -0.318. The van der Waals surface area contributed by atoms with Crippen LogP contribution in [0.25, 0.3) is 0 Å². The van der Waals surface area contributed by atoms with Gasteiger partial charge < -0.3 is 4.74 Å². The molecule has 0 bridgehead atoms. The van der Waals surface area contributed by atoms with E-state index in [-0.39, 0.29) is 18.0 Å². The molecule has 1 aliphatic carbocycles. The topological polar surface area (TPSA) is 26.3 Å². The van der Waals surface area contributed by atoms with Crippen molar-refractivity contribution >= 4 is 18.9 Å². The molecule has 0 saturated heterocycles. The molecule has 1 saturated carbocycles. The van der Waals surface area contributed by atoms with Crippen molar-refractivity contribution in [3.05, 3.63) is 0 Å². The number of ether oxygens (including phenoxy) is 1. The van der Waals surface area contributed by atoms with Gasteiger partial charge in [0.1, 0.15) is 5.60 Å². The van der Waals surface area contributed by atoms with Crippen LogP contribution in [0.3, 0.4) is 0 Å². The van der Waals surface area contributed by atoms with Crippen LogP contribution in [-0.4, -0.2) is 12.1 Å². The number of hydrogen-bond donors (Lipinski definition) is 0. The van der Waals surface area contributed by atoms with Gasteiger partial charge in [-0.05, 0) is 26.7 Å². The van der Waals surface area contributed by atoms with E-state index in [4.69, 9.17) is 0 Å². The fraction of sp³-hybridized carbons (Fsp3) is 0.938. The summed E-state index contributed by atoms with van der Waals surface area (Å²) >= 11 is 0. The second kappa shape index (κ2) is 12.8. The lowest BCUT2D eigenvalue weighted by Gasteiger charge is -2.14. The molecule has 0 heterocycles. The zero-order valence-corrected chi connectivity index (χ0v) is 14.1. The van der Waals surface area contributed by atoms with Crippen LogP contribution >= 0.6 is 12.4 Å². The van der Waals surface area contributed by atoms with E-state index in [0.29, 0.717) is 6.47 Å². The Labute approximate surface area is 126 Å². The Morgan fingerprint density at radius 3 is 1.95 bits per heavy atom. The fourth-order valence-electron chi connectivity index (χ4n) is 1.76. The van der Waals surface area contributed by atoms with Crippen LogP contribution in [0.1, 0.15) is 85.5 Å². The molecule has 0 amide bonds. The highest BCUT2D eigenvalue weighted by atomic mass is 35.5. The molecule has 0 aliphatic heterocycles. The average molecular weight is 293 g/mol. The van der Waals surface area contributed by atoms with Gasteiger partial charge in [0, 0.05) is 0 Å². The Morgan fingerprint density at radius 1 is 1.05 bits per heavy atom. The first kappa shape index (κ1) is 21.1. The van der Waals surface area contributed by atoms with Crippen LogP contribution in [0, 0.1) is 5.92 Å². The number of hydrogen-bond acceptors (Lipinski definition) is 2. The average Bonchev–Trinajstić information content (AvgIpc) is 3.06.